The second kappa shape index (κ2) is 24.0. The number of carboxylic acid groups (broad SMARTS) is 1. The number of aromatic nitrogens is 2. The van der Waals surface area contributed by atoms with Gasteiger partial charge in [0, 0.05) is 53.5 Å². The zero-order chi connectivity index (χ0) is 48.7. The van der Waals surface area contributed by atoms with E-state index in [-0.39, 0.29) is 43.9 Å². The van der Waals surface area contributed by atoms with E-state index in [0.29, 0.717) is 12.0 Å². The van der Waals surface area contributed by atoms with E-state index in [2.05, 4.69) is 41.9 Å². The molecule has 6 aromatic rings. The molecule has 0 aliphatic heterocycles. The molecule has 0 aliphatic carbocycles. The molecule has 5 amide bonds. The number of likely N-dealkylation sites (N-methyl/N-ethyl adjacent to an activating group) is 1. The molecule has 6 rings (SSSR count). The Kier molecular flexibility index (Phi) is 17.7. The fourth-order valence-corrected chi connectivity index (χ4v) is 8.45. The molecule has 0 radical (unpaired) electrons. The maximum absolute atomic E-state index is 14.8. The second-order valence-corrected chi connectivity index (χ2v) is 18.3. The standard InChI is InChI=1S/C53H64N8O7/c1-32(2)24-43(49(63)61-47(53(67)68)25-33(3)4)57-51(65)46(29-37-31-56-41-23-15-13-21-39(37)41)60-50(64)44(27-35-18-10-7-11-19-35)58-52(66)45(28-36-30-55-40-22-14-12-20-38(36)40)59-48(62)42(54-5)26-34-16-8-6-9-17-34/h6-23,30-33,42-47,54-56H,24-29H2,1-5H3,(H,57,65)(H,58,66)(H,59,62)(H,60,64)(H,61,63)(H,67,68)/t42-,43+,44+,45-,46-,47+/m1/s1. The Bertz CT molecular complexity index is 2640. The summed E-state index contributed by atoms with van der Waals surface area (Å²) >= 11 is 0. The van der Waals surface area contributed by atoms with Crippen LogP contribution in [0.2, 0.25) is 0 Å². The largest absolute Gasteiger partial charge is 0.480 e. The summed E-state index contributed by atoms with van der Waals surface area (Å²) in [6, 6.07) is 27.2. The zero-order valence-electron chi connectivity index (χ0n) is 39.3. The molecule has 2 aromatic heterocycles. The van der Waals surface area contributed by atoms with Gasteiger partial charge in [-0.25, -0.2) is 4.79 Å². The first-order chi connectivity index (χ1) is 32.7. The summed E-state index contributed by atoms with van der Waals surface area (Å²) in [4.78, 5) is 90.7. The van der Waals surface area contributed by atoms with Gasteiger partial charge in [-0.1, -0.05) is 125 Å². The predicted molar refractivity (Wildman–Crippen MR) is 263 cm³/mol. The number of fused-ring (bicyclic) bond motifs is 2. The van der Waals surface area contributed by atoms with E-state index >= 15 is 0 Å². The van der Waals surface area contributed by atoms with Gasteiger partial charge in [-0.15, -0.1) is 0 Å². The smallest absolute Gasteiger partial charge is 0.326 e. The molecule has 6 atom stereocenters. The first-order valence-corrected chi connectivity index (χ1v) is 23.3. The summed E-state index contributed by atoms with van der Waals surface area (Å²) in [5.41, 5.74) is 4.83. The predicted octanol–water partition coefficient (Wildman–Crippen LogP) is 5.11. The number of hydrogen-bond donors (Lipinski definition) is 9. The molecule has 68 heavy (non-hydrogen) atoms. The number of carboxylic acids is 1. The van der Waals surface area contributed by atoms with Gasteiger partial charge in [-0.05, 0) is 72.5 Å². The number of rotatable bonds is 24. The summed E-state index contributed by atoms with van der Waals surface area (Å²) in [7, 11) is 1.68. The molecule has 358 valence electrons. The van der Waals surface area contributed by atoms with Crippen molar-refractivity contribution in [3.05, 3.63) is 144 Å². The minimum atomic E-state index is -1.26. The lowest BCUT2D eigenvalue weighted by Gasteiger charge is -2.28. The number of nitrogens with one attached hydrogen (secondary N) is 8. The summed E-state index contributed by atoms with van der Waals surface area (Å²) in [6.07, 6.45) is 4.43. The quantitative estimate of drug-likeness (QED) is 0.0396. The third-order valence-electron chi connectivity index (χ3n) is 12.0. The fourth-order valence-electron chi connectivity index (χ4n) is 8.45. The molecule has 0 aliphatic rings. The maximum atomic E-state index is 14.8. The Morgan fingerprint density at radius 3 is 1.21 bits per heavy atom. The average molecular weight is 925 g/mol. The molecule has 0 spiro atoms. The Morgan fingerprint density at radius 2 is 0.779 bits per heavy atom. The highest BCUT2D eigenvalue weighted by Gasteiger charge is 2.34. The van der Waals surface area contributed by atoms with Crippen LogP contribution in [-0.4, -0.2) is 93.9 Å². The molecule has 9 N–H and O–H groups in total. The lowest BCUT2D eigenvalue weighted by molar-refractivity contribution is -0.143. The molecule has 4 aromatic carbocycles. The minimum absolute atomic E-state index is 0.000768. The van der Waals surface area contributed by atoms with Gasteiger partial charge in [-0.3, -0.25) is 24.0 Å². The van der Waals surface area contributed by atoms with Crippen molar-refractivity contribution in [2.24, 2.45) is 11.8 Å². The number of carbonyl (C=O) groups excluding carboxylic acids is 5. The van der Waals surface area contributed by atoms with E-state index in [1.807, 2.05) is 137 Å². The fraction of sp³-hybridized carbons (Fsp3) is 0.358. The van der Waals surface area contributed by atoms with Gasteiger partial charge in [0.1, 0.15) is 30.2 Å². The number of amides is 5. The van der Waals surface area contributed by atoms with Gasteiger partial charge < -0.3 is 47.0 Å². The SMILES string of the molecule is CN[C@H](Cc1ccccc1)C(=O)N[C@H](Cc1c[nH]c2ccccc12)C(=O)N[C@@H](Cc1ccccc1)C(=O)N[C@H](Cc1c[nH]c2ccccc12)C(=O)N[C@@H](CC(C)C)C(=O)N[C@@H](CC(C)C)C(=O)O. The van der Waals surface area contributed by atoms with Gasteiger partial charge in [0.15, 0.2) is 0 Å². The van der Waals surface area contributed by atoms with Crippen LogP contribution in [0.3, 0.4) is 0 Å². The van der Waals surface area contributed by atoms with Crippen LogP contribution < -0.4 is 31.9 Å². The Balaban J connectivity index is 1.31. The van der Waals surface area contributed by atoms with Gasteiger partial charge in [-0.2, -0.15) is 0 Å². The van der Waals surface area contributed by atoms with Gasteiger partial charge in [0.25, 0.3) is 0 Å². The lowest BCUT2D eigenvalue weighted by atomic mass is 9.98. The number of aliphatic carboxylic acids is 1. The Labute approximate surface area is 397 Å². The van der Waals surface area contributed by atoms with Crippen molar-refractivity contribution < 1.29 is 33.9 Å². The Morgan fingerprint density at radius 1 is 0.441 bits per heavy atom. The first kappa shape index (κ1) is 50.2. The van der Waals surface area contributed by atoms with E-state index in [1.165, 1.54) is 0 Å². The van der Waals surface area contributed by atoms with E-state index < -0.39 is 71.8 Å². The highest BCUT2D eigenvalue weighted by atomic mass is 16.4. The third-order valence-corrected chi connectivity index (χ3v) is 12.0. The normalized spacial score (nSPS) is 14.1. The molecule has 15 nitrogen and oxygen atoms in total. The summed E-state index contributed by atoms with van der Waals surface area (Å²) < 4.78 is 0. The maximum Gasteiger partial charge on any atom is 0.326 e. The molecule has 0 saturated carbocycles. The minimum Gasteiger partial charge on any atom is -0.480 e. The van der Waals surface area contributed by atoms with Crippen molar-refractivity contribution in [2.75, 3.05) is 7.05 Å². The summed E-state index contributed by atoms with van der Waals surface area (Å²) in [5, 5.41) is 29.0. The molecule has 2 heterocycles. The second-order valence-electron chi connectivity index (χ2n) is 18.3. The van der Waals surface area contributed by atoms with Crippen LogP contribution >= 0.6 is 0 Å². The van der Waals surface area contributed by atoms with Gasteiger partial charge in [0.05, 0.1) is 6.04 Å². The van der Waals surface area contributed by atoms with Crippen LogP contribution in [-0.2, 0) is 54.5 Å². The van der Waals surface area contributed by atoms with Crippen molar-refractivity contribution >= 4 is 57.3 Å². The van der Waals surface area contributed by atoms with Crippen LogP contribution in [0.1, 0.15) is 62.8 Å². The Hall–Kier alpha value is -7.26. The number of para-hydroxylation sites is 2. The monoisotopic (exact) mass is 924 g/mol. The van der Waals surface area contributed by atoms with E-state index in [0.717, 1.165) is 38.5 Å². The van der Waals surface area contributed by atoms with Crippen molar-refractivity contribution in [2.45, 2.75) is 102 Å². The van der Waals surface area contributed by atoms with Crippen LogP contribution in [0, 0.1) is 11.8 Å². The van der Waals surface area contributed by atoms with Crippen molar-refractivity contribution in [3.8, 4) is 0 Å². The van der Waals surface area contributed by atoms with Crippen molar-refractivity contribution in [3.63, 3.8) is 0 Å². The third kappa shape index (κ3) is 13.9. The molecule has 0 saturated heterocycles. The molecular weight excluding hydrogens is 861 g/mol. The molecular formula is C53H64N8O7. The van der Waals surface area contributed by atoms with Crippen LogP contribution in [0.5, 0.6) is 0 Å². The highest BCUT2D eigenvalue weighted by molar-refractivity contribution is 5.97. The van der Waals surface area contributed by atoms with Gasteiger partial charge >= 0.3 is 5.97 Å². The van der Waals surface area contributed by atoms with E-state index in [9.17, 15) is 33.9 Å². The topological polar surface area (TPSA) is 226 Å². The summed E-state index contributed by atoms with van der Waals surface area (Å²) in [6.45, 7) is 7.47. The van der Waals surface area contributed by atoms with Crippen LogP contribution in [0.15, 0.2) is 122 Å². The highest BCUT2D eigenvalue weighted by Crippen LogP contribution is 2.22. The summed E-state index contributed by atoms with van der Waals surface area (Å²) in [5.74, 6) is -4.32. The molecule has 15 heteroatoms. The van der Waals surface area contributed by atoms with Crippen LogP contribution in [0.4, 0.5) is 0 Å². The molecule has 0 fully saturated rings. The average Bonchev–Trinajstić information content (AvgIpc) is 3.93. The molecule has 0 unspecified atom stereocenters. The van der Waals surface area contributed by atoms with E-state index in [1.54, 1.807) is 19.4 Å². The number of hydrogen-bond acceptors (Lipinski definition) is 7. The van der Waals surface area contributed by atoms with Crippen molar-refractivity contribution in [1.82, 2.24) is 41.9 Å². The lowest BCUT2D eigenvalue weighted by Crippen LogP contribution is -2.60. The first-order valence-electron chi connectivity index (χ1n) is 23.3. The van der Waals surface area contributed by atoms with Crippen LogP contribution in [0.25, 0.3) is 21.8 Å². The zero-order valence-corrected chi connectivity index (χ0v) is 39.3. The van der Waals surface area contributed by atoms with E-state index in [4.69, 9.17) is 0 Å². The molecule has 0 bridgehead atoms. The number of H-pyrrole nitrogens is 2. The number of benzene rings is 4. The number of carbonyl (C=O) groups is 6. The van der Waals surface area contributed by atoms with Crippen molar-refractivity contribution in [1.29, 1.82) is 0 Å². The van der Waals surface area contributed by atoms with Gasteiger partial charge in [0.2, 0.25) is 29.5 Å². The number of aromatic amines is 2.